The molecule has 0 saturated heterocycles. The van der Waals surface area contributed by atoms with E-state index in [1.54, 1.807) is 31.3 Å². The molecule has 0 atom stereocenters. The normalized spacial score (nSPS) is 11.6. The monoisotopic (exact) mass is 523 g/mol. The summed E-state index contributed by atoms with van der Waals surface area (Å²) in [5, 5.41) is 6.18. The number of nitrogens with zero attached hydrogens (tertiary/aromatic N) is 1. The van der Waals surface area contributed by atoms with Crippen LogP contribution < -0.4 is 10.6 Å². The van der Waals surface area contributed by atoms with Crippen LogP contribution in [0.2, 0.25) is 0 Å². The fourth-order valence-corrected chi connectivity index (χ4v) is 3.13. The predicted octanol–water partition coefficient (Wildman–Crippen LogP) is 2.94. The first-order chi connectivity index (χ1) is 12.8. The highest BCUT2D eigenvalue weighted by molar-refractivity contribution is 14.0. The summed E-state index contributed by atoms with van der Waals surface area (Å²) in [5.74, 6) is -0.339. The van der Waals surface area contributed by atoms with Crippen molar-refractivity contribution in [2.24, 2.45) is 4.99 Å². The number of benzene rings is 2. The molecule has 0 aliphatic carbocycles. The average molecular weight is 523 g/mol. The molecule has 0 aromatic heterocycles. The van der Waals surface area contributed by atoms with Crippen LogP contribution in [0.15, 0.2) is 52.4 Å². The lowest BCUT2D eigenvalue weighted by Gasteiger charge is -2.12. The van der Waals surface area contributed by atoms with E-state index in [1.165, 1.54) is 12.3 Å². The van der Waals surface area contributed by atoms with Crippen molar-refractivity contribution in [3.05, 3.63) is 65.2 Å². The molecule has 0 heterocycles. The summed E-state index contributed by atoms with van der Waals surface area (Å²) in [6.45, 7) is 0.995. The molecule has 0 radical (unpaired) electrons. The van der Waals surface area contributed by atoms with Crippen molar-refractivity contribution >= 4 is 39.8 Å². The van der Waals surface area contributed by atoms with Gasteiger partial charge in [-0.25, -0.2) is 17.2 Å². The van der Waals surface area contributed by atoms with Crippen molar-refractivity contribution in [1.29, 1.82) is 0 Å². The van der Waals surface area contributed by atoms with Crippen LogP contribution in [0.5, 0.6) is 0 Å². The molecule has 0 fully saturated rings. The lowest BCUT2D eigenvalue weighted by molar-refractivity contribution is 0.583. The van der Waals surface area contributed by atoms with Gasteiger partial charge in [-0.05, 0) is 54.3 Å². The van der Waals surface area contributed by atoms with E-state index in [0.717, 1.165) is 17.7 Å². The van der Waals surface area contributed by atoms with Gasteiger partial charge in [0.05, 0.1) is 4.90 Å². The molecule has 5 nitrogen and oxygen atoms in total. The van der Waals surface area contributed by atoms with Crippen molar-refractivity contribution in [2.75, 3.05) is 26.4 Å². The number of halogens is 3. The number of hydrogen-bond acceptors (Lipinski definition) is 3. The second-order valence-corrected chi connectivity index (χ2v) is 8.09. The van der Waals surface area contributed by atoms with Crippen LogP contribution in [0.25, 0.3) is 0 Å². The van der Waals surface area contributed by atoms with E-state index < -0.39 is 21.5 Å². The molecule has 0 aliphatic rings. The topological polar surface area (TPSA) is 70.6 Å². The highest BCUT2D eigenvalue weighted by atomic mass is 127. The molecule has 154 valence electrons. The molecule has 28 heavy (non-hydrogen) atoms. The Kier molecular flexibility index (Phi) is 9.80. The Hall–Kier alpha value is -1.75. The smallest absolute Gasteiger partial charge is 0.190 e. The minimum absolute atomic E-state index is 0. The summed E-state index contributed by atoms with van der Waals surface area (Å²) in [5.41, 5.74) is 1.30. The van der Waals surface area contributed by atoms with Crippen LogP contribution in [0.1, 0.15) is 11.1 Å². The van der Waals surface area contributed by atoms with Crippen molar-refractivity contribution < 1.29 is 17.2 Å². The molecule has 0 saturated carbocycles. The third-order valence-corrected chi connectivity index (χ3v) is 5.10. The van der Waals surface area contributed by atoms with Crippen molar-refractivity contribution in [2.45, 2.75) is 17.7 Å². The first-order valence-corrected chi connectivity index (χ1v) is 10.4. The summed E-state index contributed by atoms with van der Waals surface area (Å²) >= 11 is 0. The molecule has 0 bridgehead atoms. The van der Waals surface area contributed by atoms with Crippen molar-refractivity contribution in [1.82, 2.24) is 10.6 Å². The standard InChI is InChI=1S/C19H23F2N3O2S.HI/c1-22-19(24-12-10-15-13-16(20)5-8-18(15)21)23-11-9-14-3-6-17(7-4-14)27(2,25)26;/h3-8,13H,9-12H2,1-2H3,(H2,22,23,24);1H. The summed E-state index contributed by atoms with van der Waals surface area (Å²) in [7, 11) is -1.57. The summed E-state index contributed by atoms with van der Waals surface area (Å²) in [6.07, 6.45) is 2.19. The maximum Gasteiger partial charge on any atom is 0.190 e. The van der Waals surface area contributed by atoms with Gasteiger partial charge in [0.2, 0.25) is 0 Å². The Morgan fingerprint density at radius 2 is 1.61 bits per heavy atom. The third kappa shape index (κ3) is 7.70. The summed E-state index contributed by atoms with van der Waals surface area (Å²) in [4.78, 5) is 4.38. The van der Waals surface area contributed by atoms with Crippen molar-refractivity contribution in [3.63, 3.8) is 0 Å². The second-order valence-electron chi connectivity index (χ2n) is 6.08. The van der Waals surface area contributed by atoms with Gasteiger partial charge in [-0.2, -0.15) is 0 Å². The zero-order chi connectivity index (χ0) is 19.9. The lowest BCUT2D eigenvalue weighted by atomic mass is 10.1. The zero-order valence-corrected chi connectivity index (χ0v) is 18.9. The van der Waals surface area contributed by atoms with Gasteiger partial charge in [0.1, 0.15) is 11.6 Å². The van der Waals surface area contributed by atoms with Gasteiger partial charge in [0.25, 0.3) is 0 Å². The Balaban J connectivity index is 0.00000392. The fourth-order valence-electron chi connectivity index (χ4n) is 2.50. The molecule has 2 N–H and O–H groups in total. The minimum atomic E-state index is -3.19. The molecule has 9 heteroatoms. The maximum absolute atomic E-state index is 13.6. The molecule has 2 aromatic rings. The van der Waals surface area contributed by atoms with Crippen LogP contribution in [0.4, 0.5) is 8.78 Å². The van der Waals surface area contributed by atoms with E-state index in [9.17, 15) is 17.2 Å². The first-order valence-electron chi connectivity index (χ1n) is 8.47. The number of hydrogen-bond donors (Lipinski definition) is 2. The van der Waals surface area contributed by atoms with Gasteiger partial charge in [-0.1, -0.05) is 12.1 Å². The number of aliphatic imine (C=N–C) groups is 1. The van der Waals surface area contributed by atoms with E-state index in [0.29, 0.717) is 42.3 Å². The van der Waals surface area contributed by atoms with E-state index >= 15 is 0 Å². The van der Waals surface area contributed by atoms with Gasteiger partial charge < -0.3 is 10.6 Å². The van der Waals surface area contributed by atoms with E-state index in [2.05, 4.69) is 15.6 Å². The number of sulfone groups is 1. The molecular weight excluding hydrogens is 499 g/mol. The van der Waals surface area contributed by atoms with E-state index in [-0.39, 0.29) is 24.0 Å². The first kappa shape index (κ1) is 24.3. The molecule has 2 aromatic carbocycles. The highest BCUT2D eigenvalue weighted by Gasteiger charge is 2.07. The van der Waals surface area contributed by atoms with Gasteiger partial charge in [-0.3, -0.25) is 4.99 Å². The van der Waals surface area contributed by atoms with Crippen LogP contribution in [0.3, 0.4) is 0 Å². The van der Waals surface area contributed by atoms with Gasteiger partial charge >= 0.3 is 0 Å². The molecule has 2 rings (SSSR count). The maximum atomic E-state index is 13.6. The van der Waals surface area contributed by atoms with Crippen LogP contribution >= 0.6 is 24.0 Å². The Bertz CT molecular complexity index is 904. The summed E-state index contributed by atoms with van der Waals surface area (Å²) in [6, 6.07) is 10.1. The minimum Gasteiger partial charge on any atom is -0.356 e. The predicted molar refractivity (Wildman–Crippen MR) is 118 cm³/mol. The number of guanidine groups is 1. The number of nitrogens with one attached hydrogen (secondary N) is 2. The van der Waals surface area contributed by atoms with E-state index in [4.69, 9.17) is 0 Å². The van der Waals surface area contributed by atoms with Gasteiger partial charge in [0.15, 0.2) is 15.8 Å². The van der Waals surface area contributed by atoms with Crippen LogP contribution in [0, 0.1) is 11.6 Å². The van der Waals surface area contributed by atoms with Crippen LogP contribution in [-0.4, -0.2) is 40.8 Å². The van der Waals surface area contributed by atoms with Gasteiger partial charge in [0, 0.05) is 26.4 Å². The quantitative estimate of drug-likeness (QED) is 0.333. The van der Waals surface area contributed by atoms with E-state index in [1.807, 2.05) is 0 Å². The molecule has 0 unspecified atom stereocenters. The summed E-state index contributed by atoms with van der Waals surface area (Å²) < 4.78 is 49.6. The zero-order valence-electron chi connectivity index (χ0n) is 15.7. The average Bonchev–Trinajstić information content (AvgIpc) is 2.63. The lowest BCUT2D eigenvalue weighted by Crippen LogP contribution is -2.39. The molecular formula is C19H24F2IN3O2S. The Morgan fingerprint density at radius 1 is 1.00 bits per heavy atom. The van der Waals surface area contributed by atoms with Gasteiger partial charge in [-0.15, -0.1) is 24.0 Å². The Morgan fingerprint density at radius 3 is 2.18 bits per heavy atom. The highest BCUT2D eigenvalue weighted by Crippen LogP contribution is 2.11. The number of rotatable bonds is 7. The largest absolute Gasteiger partial charge is 0.356 e. The van der Waals surface area contributed by atoms with Crippen molar-refractivity contribution in [3.8, 4) is 0 Å². The molecule has 0 amide bonds. The molecule has 0 spiro atoms. The molecule has 0 aliphatic heterocycles. The Labute approximate surface area is 181 Å². The SMILES string of the molecule is CN=C(NCCc1ccc(S(C)(=O)=O)cc1)NCCc1cc(F)ccc1F.I. The fraction of sp³-hybridized carbons (Fsp3) is 0.316. The van der Waals surface area contributed by atoms with Crippen LogP contribution in [-0.2, 0) is 22.7 Å². The second kappa shape index (κ2) is 11.3. The third-order valence-electron chi connectivity index (χ3n) is 3.98.